The normalized spacial score (nSPS) is 11.2. The number of nitrogens with zero attached hydrogens (tertiary/aromatic N) is 1. The highest BCUT2D eigenvalue weighted by Gasteiger charge is 2.17. The summed E-state index contributed by atoms with van der Waals surface area (Å²) in [5, 5.41) is 2.62. The molecule has 2 aromatic rings. The molecule has 7 heteroatoms. The Balaban J connectivity index is 1.92. The molecular formula is C16H19N3O3S. The van der Waals surface area contributed by atoms with Crippen molar-refractivity contribution in [3.05, 3.63) is 59.4 Å². The third kappa shape index (κ3) is 4.87. The Hall–Kier alpha value is -2.25. The first-order valence-corrected chi connectivity index (χ1v) is 8.60. The molecule has 0 spiro atoms. The molecule has 2 N–H and O–H groups in total. The average Bonchev–Trinajstić information content (AvgIpc) is 2.51. The van der Waals surface area contributed by atoms with Crippen LogP contribution in [-0.2, 0) is 21.4 Å². The summed E-state index contributed by atoms with van der Waals surface area (Å²) in [7, 11) is -3.71. The van der Waals surface area contributed by atoms with Gasteiger partial charge in [-0.3, -0.25) is 9.78 Å². The van der Waals surface area contributed by atoms with Crippen molar-refractivity contribution < 1.29 is 13.2 Å². The Morgan fingerprint density at radius 3 is 2.61 bits per heavy atom. The second-order valence-electron chi connectivity index (χ2n) is 5.19. The largest absolute Gasteiger partial charge is 0.349 e. The first-order valence-electron chi connectivity index (χ1n) is 7.12. The van der Waals surface area contributed by atoms with Gasteiger partial charge in [0.15, 0.2) is 0 Å². The molecule has 0 aliphatic carbocycles. The second-order valence-corrected chi connectivity index (χ2v) is 6.93. The van der Waals surface area contributed by atoms with Crippen LogP contribution >= 0.6 is 0 Å². The maximum Gasteiger partial charge on any atom is 0.241 e. The molecule has 1 aromatic carbocycles. The molecule has 0 saturated heterocycles. The lowest BCUT2D eigenvalue weighted by Gasteiger charge is -2.10. The number of carbonyl (C=O) groups is 1. The van der Waals surface area contributed by atoms with E-state index in [1.165, 1.54) is 0 Å². The number of aryl methyl sites for hydroxylation is 2. The zero-order chi connectivity index (χ0) is 16.9. The number of rotatable bonds is 6. The van der Waals surface area contributed by atoms with E-state index in [-0.39, 0.29) is 18.0 Å². The van der Waals surface area contributed by atoms with Gasteiger partial charge in [0.2, 0.25) is 15.9 Å². The van der Waals surface area contributed by atoms with Crippen LogP contribution in [0.5, 0.6) is 0 Å². The molecule has 0 atom stereocenters. The second kappa shape index (κ2) is 7.34. The van der Waals surface area contributed by atoms with E-state index in [4.69, 9.17) is 0 Å². The maximum absolute atomic E-state index is 12.2. The van der Waals surface area contributed by atoms with Gasteiger partial charge in [0.05, 0.1) is 23.7 Å². The van der Waals surface area contributed by atoms with E-state index >= 15 is 0 Å². The molecule has 6 nitrogen and oxygen atoms in total. The Kier molecular flexibility index (Phi) is 5.46. The molecule has 0 bridgehead atoms. The molecule has 1 aromatic heterocycles. The van der Waals surface area contributed by atoms with Crippen LogP contribution < -0.4 is 10.0 Å². The molecule has 0 unspecified atom stereocenters. The number of benzene rings is 1. The summed E-state index contributed by atoms with van der Waals surface area (Å²) in [5.41, 5.74) is 2.33. The Morgan fingerprint density at radius 2 is 1.96 bits per heavy atom. The van der Waals surface area contributed by atoms with Crippen molar-refractivity contribution in [1.29, 1.82) is 0 Å². The monoisotopic (exact) mass is 333 g/mol. The predicted molar refractivity (Wildman–Crippen MR) is 87.2 cm³/mol. The SMILES string of the molecule is Cc1ccc(S(=O)(=O)NCC(=O)NCc2ccccn2)c(C)c1. The summed E-state index contributed by atoms with van der Waals surface area (Å²) in [6.07, 6.45) is 1.63. The standard InChI is InChI=1S/C16H19N3O3S/c1-12-6-7-15(13(2)9-12)23(21,22)19-11-16(20)18-10-14-5-3-4-8-17-14/h3-9,19H,10-11H2,1-2H3,(H,18,20). The van der Waals surface area contributed by atoms with Gasteiger partial charge in [0.1, 0.15) is 0 Å². The smallest absolute Gasteiger partial charge is 0.241 e. The van der Waals surface area contributed by atoms with Crippen LogP contribution in [0, 0.1) is 13.8 Å². The van der Waals surface area contributed by atoms with Crippen molar-refractivity contribution in [3.63, 3.8) is 0 Å². The number of hydrogen-bond donors (Lipinski definition) is 2. The third-order valence-corrected chi connectivity index (χ3v) is 4.80. The van der Waals surface area contributed by atoms with Gasteiger partial charge in [-0.25, -0.2) is 13.1 Å². The van der Waals surface area contributed by atoms with Crippen LogP contribution in [0.15, 0.2) is 47.5 Å². The summed E-state index contributed by atoms with van der Waals surface area (Å²) in [5.74, 6) is -0.413. The van der Waals surface area contributed by atoms with Crippen LogP contribution in [0.4, 0.5) is 0 Å². The zero-order valence-electron chi connectivity index (χ0n) is 13.0. The van der Waals surface area contributed by atoms with Crippen molar-refractivity contribution in [2.45, 2.75) is 25.3 Å². The van der Waals surface area contributed by atoms with Gasteiger partial charge in [-0.2, -0.15) is 0 Å². The minimum Gasteiger partial charge on any atom is -0.349 e. The number of nitrogens with one attached hydrogen (secondary N) is 2. The van der Waals surface area contributed by atoms with E-state index < -0.39 is 15.9 Å². The Bertz CT molecular complexity index is 789. The molecule has 2 rings (SSSR count). The molecule has 0 aliphatic heterocycles. The summed E-state index contributed by atoms with van der Waals surface area (Å²) in [4.78, 5) is 16.0. The fourth-order valence-electron chi connectivity index (χ4n) is 2.09. The number of aromatic nitrogens is 1. The minimum atomic E-state index is -3.71. The van der Waals surface area contributed by atoms with Gasteiger partial charge in [-0.05, 0) is 37.6 Å². The quantitative estimate of drug-likeness (QED) is 0.834. The maximum atomic E-state index is 12.2. The number of hydrogen-bond acceptors (Lipinski definition) is 4. The number of amides is 1. The predicted octanol–water partition coefficient (Wildman–Crippen LogP) is 1.29. The molecular weight excluding hydrogens is 314 g/mol. The van der Waals surface area contributed by atoms with Gasteiger partial charge >= 0.3 is 0 Å². The fourth-order valence-corrected chi connectivity index (χ4v) is 3.30. The molecule has 0 aliphatic rings. The fraction of sp³-hybridized carbons (Fsp3) is 0.250. The molecule has 1 amide bonds. The molecule has 23 heavy (non-hydrogen) atoms. The van der Waals surface area contributed by atoms with E-state index in [9.17, 15) is 13.2 Å². The number of carbonyl (C=O) groups excluding carboxylic acids is 1. The first kappa shape index (κ1) is 17.1. The van der Waals surface area contributed by atoms with Crippen LogP contribution in [0.3, 0.4) is 0 Å². The topological polar surface area (TPSA) is 88.2 Å². The summed E-state index contributed by atoms with van der Waals surface area (Å²) in [6.45, 7) is 3.55. The first-order chi connectivity index (χ1) is 10.9. The lowest BCUT2D eigenvalue weighted by molar-refractivity contribution is -0.120. The highest BCUT2D eigenvalue weighted by molar-refractivity contribution is 7.89. The lowest BCUT2D eigenvalue weighted by atomic mass is 10.2. The molecule has 0 saturated carbocycles. The van der Waals surface area contributed by atoms with Crippen molar-refractivity contribution >= 4 is 15.9 Å². The highest BCUT2D eigenvalue weighted by Crippen LogP contribution is 2.15. The minimum absolute atomic E-state index is 0.181. The van der Waals surface area contributed by atoms with Gasteiger partial charge in [0, 0.05) is 6.20 Å². The van der Waals surface area contributed by atoms with E-state index in [0.29, 0.717) is 11.3 Å². The molecule has 1 heterocycles. The average molecular weight is 333 g/mol. The highest BCUT2D eigenvalue weighted by atomic mass is 32.2. The van der Waals surface area contributed by atoms with E-state index in [1.54, 1.807) is 43.5 Å². The van der Waals surface area contributed by atoms with Crippen LogP contribution in [0.25, 0.3) is 0 Å². The number of sulfonamides is 1. The summed E-state index contributed by atoms with van der Waals surface area (Å²) in [6, 6.07) is 10.4. The van der Waals surface area contributed by atoms with Crippen LogP contribution in [-0.4, -0.2) is 25.9 Å². The van der Waals surface area contributed by atoms with Crippen molar-refractivity contribution in [3.8, 4) is 0 Å². The van der Waals surface area contributed by atoms with Crippen LogP contribution in [0.1, 0.15) is 16.8 Å². The third-order valence-electron chi connectivity index (χ3n) is 3.24. The zero-order valence-corrected chi connectivity index (χ0v) is 13.9. The van der Waals surface area contributed by atoms with Crippen molar-refractivity contribution in [2.75, 3.05) is 6.54 Å². The lowest BCUT2D eigenvalue weighted by Crippen LogP contribution is -2.36. The summed E-state index contributed by atoms with van der Waals surface area (Å²) >= 11 is 0. The van der Waals surface area contributed by atoms with Gasteiger partial charge in [-0.1, -0.05) is 23.8 Å². The Labute approximate surface area is 136 Å². The van der Waals surface area contributed by atoms with Crippen LogP contribution in [0.2, 0.25) is 0 Å². The van der Waals surface area contributed by atoms with Gasteiger partial charge in [0.25, 0.3) is 0 Å². The van der Waals surface area contributed by atoms with E-state index in [1.807, 2.05) is 13.0 Å². The van der Waals surface area contributed by atoms with Gasteiger partial charge in [-0.15, -0.1) is 0 Å². The van der Waals surface area contributed by atoms with E-state index in [0.717, 1.165) is 5.56 Å². The Morgan fingerprint density at radius 1 is 1.17 bits per heavy atom. The van der Waals surface area contributed by atoms with Gasteiger partial charge < -0.3 is 5.32 Å². The summed E-state index contributed by atoms with van der Waals surface area (Å²) < 4.78 is 26.8. The number of pyridine rings is 1. The van der Waals surface area contributed by atoms with Crippen molar-refractivity contribution in [1.82, 2.24) is 15.0 Å². The molecule has 0 fully saturated rings. The molecule has 0 radical (unpaired) electrons. The van der Waals surface area contributed by atoms with E-state index in [2.05, 4.69) is 15.0 Å². The molecule has 122 valence electrons. The van der Waals surface area contributed by atoms with Crippen molar-refractivity contribution in [2.24, 2.45) is 0 Å².